The Kier molecular flexibility index (Phi) is 13.2. The molecule has 0 rings (SSSR count). The van der Waals surface area contributed by atoms with Crippen LogP contribution < -0.4 is 0 Å². The number of unbranched alkanes of at least 4 members (excludes halogenated alkanes) is 7. The number of rotatable bonds is 12. The SMILES string of the molecule is CC=CC/C=C\CCCCCCCCCC(=O)O. The molecule has 0 aliphatic heterocycles. The van der Waals surface area contributed by atoms with Gasteiger partial charge in [0.25, 0.3) is 0 Å². The van der Waals surface area contributed by atoms with E-state index in [4.69, 9.17) is 5.11 Å². The van der Waals surface area contributed by atoms with E-state index in [1.807, 2.05) is 6.92 Å². The fourth-order valence-electron chi connectivity index (χ4n) is 1.85. The molecule has 0 fully saturated rings. The first-order chi connectivity index (χ1) is 8.77. The normalized spacial score (nSPS) is 11.6. The molecule has 0 aromatic carbocycles. The maximum Gasteiger partial charge on any atom is 0.303 e. The summed E-state index contributed by atoms with van der Waals surface area (Å²) >= 11 is 0. The largest absolute Gasteiger partial charge is 0.481 e. The van der Waals surface area contributed by atoms with Gasteiger partial charge in [0, 0.05) is 6.42 Å². The van der Waals surface area contributed by atoms with Crippen molar-refractivity contribution in [2.45, 2.75) is 71.1 Å². The van der Waals surface area contributed by atoms with Crippen molar-refractivity contribution in [3.8, 4) is 0 Å². The Balaban J connectivity index is 3.07. The Bertz CT molecular complexity index is 241. The van der Waals surface area contributed by atoms with Crippen LogP contribution in [0.5, 0.6) is 0 Å². The Morgan fingerprint density at radius 2 is 1.50 bits per heavy atom. The second-order valence-corrected chi connectivity index (χ2v) is 4.68. The minimum Gasteiger partial charge on any atom is -0.481 e. The highest BCUT2D eigenvalue weighted by Gasteiger charge is 1.96. The summed E-state index contributed by atoms with van der Waals surface area (Å²) in [5.74, 6) is -0.667. The lowest BCUT2D eigenvalue weighted by atomic mass is 10.1. The Morgan fingerprint density at radius 3 is 2.11 bits per heavy atom. The van der Waals surface area contributed by atoms with Crippen LogP contribution in [0.2, 0.25) is 0 Å². The van der Waals surface area contributed by atoms with Crippen molar-refractivity contribution >= 4 is 5.97 Å². The molecule has 0 saturated carbocycles. The fourth-order valence-corrected chi connectivity index (χ4v) is 1.85. The minimum atomic E-state index is -0.667. The van der Waals surface area contributed by atoms with E-state index in [0.717, 1.165) is 19.3 Å². The molecule has 2 nitrogen and oxygen atoms in total. The standard InChI is InChI=1S/C16H28O2/c1-2-3-4-5-6-7-8-9-10-11-12-13-14-15-16(17)18/h2-3,5-6H,4,7-15H2,1H3,(H,17,18)/b3-2?,6-5-. The van der Waals surface area contributed by atoms with Gasteiger partial charge in [-0.3, -0.25) is 4.79 Å². The van der Waals surface area contributed by atoms with Crippen LogP contribution in [0.15, 0.2) is 24.3 Å². The lowest BCUT2D eigenvalue weighted by Crippen LogP contribution is -1.93. The van der Waals surface area contributed by atoms with Crippen molar-refractivity contribution in [3.05, 3.63) is 24.3 Å². The summed E-state index contributed by atoms with van der Waals surface area (Å²) in [5.41, 5.74) is 0. The van der Waals surface area contributed by atoms with Crippen LogP contribution in [0, 0.1) is 0 Å². The van der Waals surface area contributed by atoms with Crippen LogP contribution in [0.1, 0.15) is 71.1 Å². The minimum absolute atomic E-state index is 0.330. The van der Waals surface area contributed by atoms with Gasteiger partial charge in [-0.05, 0) is 32.6 Å². The lowest BCUT2D eigenvalue weighted by molar-refractivity contribution is -0.137. The molecule has 0 amide bonds. The summed E-state index contributed by atoms with van der Waals surface area (Å²) in [6.45, 7) is 2.05. The quantitative estimate of drug-likeness (QED) is 0.387. The molecule has 0 aliphatic carbocycles. The van der Waals surface area contributed by atoms with Crippen molar-refractivity contribution in [2.24, 2.45) is 0 Å². The Morgan fingerprint density at radius 1 is 0.889 bits per heavy atom. The number of hydrogen-bond acceptors (Lipinski definition) is 1. The maximum absolute atomic E-state index is 10.3. The van der Waals surface area contributed by atoms with Gasteiger partial charge in [-0.2, -0.15) is 0 Å². The van der Waals surface area contributed by atoms with Crippen molar-refractivity contribution in [1.29, 1.82) is 0 Å². The van der Waals surface area contributed by atoms with E-state index in [1.165, 1.54) is 38.5 Å². The van der Waals surface area contributed by atoms with Crippen molar-refractivity contribution in [1.82, 2.24) is 0 Å². The molecule has 1 N–H and O–H groups in total. The van der Waals surface area contributed by atoms with Gasteiger partial charge in [0.15, 0.2) is 0 Å². The van der Waals surface area contributed by atoms with Crippen LogP contribution in [-0.2, 0) is 4.79 Å². The monoisotopic (exact) mass is 252 g/mol. The Hall–Kier alpha value is -1.05. The molecule has 18 heavy (non-hydrogen) atoms. The number of carboxylic acids is 1. The van der Waals surface area contributed by atoms with Gasteiger partial charge in [0.05, 0.1) is 0 Å². The third-order valence-corrected chi connectivity index (χ3v) is 2.94. The third-order valence-electron chi connectivity index (χ3n) is 2.94. The molecule has 0 aliphatic rings. The number of aliphatic carboxylic acids is 1. The van der Waals surface area contributed by atoms with Gasteiger partial charge in [0.2, 0.25) is 0 Å². The molecule has 0 spiro atoms. The summed E-state index contributed by atoms with van der Waals surface area (Å²) in [6.07, 6.45) is 19.5. The molecule has 0 aromatic rings. The van der Waals surface area contributed by atoms with Crippen LogP contribution in [-0.4, -0.2) is 11.1 Å². The van der Waals surface area contributed by atoms with E-state index >= 15 is 0 Å². The van der Waals surface area contributed by atoms with Crippen LogP contribution in [0.3, 0.4) is 0 Å². The van der Waals surface area contributed by atoms with Crippen molar-refractivity contribution < 1.29 is 9.90 Å². The number of carbonyl (C=O) groups is 1. The van der Waals surface area contributed by atoms with Gasteiger partial charge < -0.3 is 5.11 Å². The van der Waals surface area contributed by atoms with E-state index in [2.05, 4.69) is 24.3 Å². The van der Waals surface area contributed by atoms with Crippen LogP contribution in [0.25, 0.3) is 0 Å². The lowest BCUT2D eigenvalue weighted by Gasteiger charge is -2.00. The average Bonchev–Trinajstić information content (AvgIpc) is 2.34. The molecule has 0 atom stereocenters. The van der Waals surface area contributed by atoms with E-state index < -0.39 is 5.97 Å². The average molecular weight is 252 g/mol. The number of carboxylic acid groups (broad SMARTS) is 1. The zero-order chi connectivity index (χ0) is 13.5. The highest BCUT2D eigenvalue weighted by atomic mass is 16.4. The molecular formula is C16H28O2. The fraction of sp³-hybridized carbons (Fsp3) is 0.688. The van der Waals surface area contributed by atoms with E-state index in [0.29, 0.717) is 6.42 Å². The van der Waals surface area contributed by atoms with E-state index in [9.17, 15) is 4.79 Å². The third kappa shape index (κ3) is 14.9. The molecule has 0 saturated heterocycles. The summed E-state index contributed by atoms with van der Waals surface area (Å²) in [5, 5.41) is 8.48. The van der Waals surface area contributed by atoms with Crippen molar-refractivity contribution in [3.63, 3.8) is 0 Å². The van der Waals surface area contributed by atoms with E-state index in [-0.39, 0.29) is 0 Å². The molecule has 0 radical (unpaired) electrons. The van der Waals surface area contributed by atoms with Crippen LogP contribution >= 0.6 is 0 Å². The van der Waals surface area contributed by atoms with Gasteiger partial charge in [-0.1, -0.05) is 56.4 Å². The molecule has 0 bridgehead atoms. The zero-order valence-corrected chi connectivity index (χ0v) is 11.7. The molecule has 0 unspecified atom stereocenters. The van der Waals surface area contributed by atoms with Gasteiger partial charge in [-0.15, -0.1) is 0 Å². The van der Waals surface area contributed by atoms with E-state index in [1.54, 1.807) is 0 Å². The molecule has 104 valence electrons. The number of hydrogen-bond donors (Lipinski definition) is 1. The Labute approximate surface area is 112 Å². The topological polar surface area (TPSA) is 37.3 Å². The zero-order valence-electron chi connectivity index (χ0n) is 11.7. The first-order valence-corrected chi connectivity index (χ1v) is 7.25. The highest BCUT2D eigenvalue weighted by Crippen LogP contribution is 2.10. The smallest absolute Gasteiger partial charge is 0.303 e. The first kappa shape index (κ1) is 16.9. The van der Waals surface area contributed by atoms with Crippen LogP contribution in [0.4, 0.5) is 0 Å². The molecule has 0 heterocycles. The van der Waals surface area contributed by atoms with Crippen molar-refractivity contribution in [2.75, 3.05) is 0 Å². The predicted octanol–water partition coefficient (Wildman–Crippen LogP) is 5.10. The van der Waals surface area contributed by atoms with Gasteiger partial charge in [-0.25, -0.2) is 0 Å². The predicted molar refractivity (Wildman–Crippen MR) is 77.8 cm³/mol. The molecular weight excluding hydrogens is 224 g/mol. The van der Waals surface area contributed by atoms with Gasteiger partial charge in [0.1, 0.15) is 0 Å². The first-order valence-electron chi connectivity index (χ1n) is 7.25. The summed E-state index contributed by atoms with van der Waals surface area (Å²) < 4.78 is 0. The summed E-state index contributed by atoms with van der Waals surface area (Å²) in [4.78, 5) is 10.3. The summed E-state index contributed by atoms with van der Waals surface area (Å²) in [6, 6.07) is 0. The van der Waals surface area contributed by atoms with Gasteiger partial charge >= 0.3 is 5.97 Å². The highest BCUT2D eigenvalue weighted by molar-refractivity contribution is 5.66. The maximum atomic E-state index is 10.3. The summed E-state index contributed by atoms with van der Waals surface area (Å²) in [7, 11) is 0. The second-order valence-electron chi connectivity index (χ2n) is 4.68. The second kappa shape index (κ2) is 14.0. The molecule has 0 aromatic heterocycles. The number of allylic oxidation sites excluding steroid dienone is 4. The molecule has 2 heteroatoms.